The topological polar surface area (TPSA) is 86.7 Å². The standard InChI is InChI=1S/C18H20N2O4S/c1-12-6-3-4-7-13(12)14(10-17(22)23)19-16(21)11-20(2)18(24)15-8-5-9-25-15/h3-9,14H,10-11H2,1-2H3,(H,19,21)(H,22,23). The van der Waals surface area contributed by atoms with E-state index in [-0.39, 0.29) is 18.9 Å². The zero-order valence-electron chi connectivity index (χ0n) is 14.1. The Bertz CT molecular complexity index is 758. The smallest absolute Gasteiger partial charge is 0.305 e. The lowest BCUT2D eigenvalue weighted by atomic mass is 9.99. The maximum absolute atomic E-state index is 12.3. The lowest BCUT2D eigenvalue weighted by Gasteiger charge is -2.22. The van der Waals surface area contributed by atoms with Gasteiger partial charge in [-0.3, -0.25) is 14.4 Å². The first-order valence-electron chi connectivity index (χ1n) is 7.74. The summed E-state index contributed by atoms with van der Waals surface area (Å²) in [5.41, 5.74) is 1.66. The van der Waals surface area contributed by atoms with Crippen LogP contribution in [0.3, 0.4) is 0 Å². The molecule has 0 aliphatic heterocycles. The van der Waals surface area contributed by atoms with Crippen molar-refractivity contribution < 1.29 is 19.5 Å². The number of hydrogen-bond acceptors (Lipinski definition) is 4. The Balaban J connectivity index is 2.05. The van der Waals surface area contributed by atoms with Crippen LogP contribution in [0.5, 0.6) is 0 Å². The number of aryl methyl sites for hydroxylation is 1. The zero-order valence-corrected chi connectivity index (χ0v) is 14.9. The van der Waals surface area contributed by atoms with E-state index >= 15 is 0 Å². The molecule has 0 bridgehead atoms. The van der Waals surface area contributed by atoms with Gasteiger partial charge >= 0.3 is 5.97 Å². The third-order valence-electron chi connectivity index (χ3n) is 3.74. The van der Waals surface area contributed by atoms with Gasteiger partial charge in [-0.2, -0.15) is 0 Å². The van der Waals surface area contributed by atoms with Crippen LogP contribution in [0.25, 0.3) is 0 Å². The summed E-state index contributed by atoms with van der Waals surface area (Å²) in [5.74, 6) is -1.64. The highest BCUT2D eigenvalue weighted by molar-refractivity contribution is 7.12. The van der Waals surface area contributed by atoms with Gasteiger partial charge in [0.05, 0.1) is 23.9 Å². The largest absolute Gasteiger partial charge is 0.481 e. The number of aliphatic carboxylic acids is 1. The highest BCUT2D eigenvalue weighted by Gasteiger charge is 2.22. The summed E-state index contributed by atoms with van der Waals surface area (Å²) in [6.45, 7) is 1.72. The number of carbonyl (C=O) groups is 3. The fraction of sp³-hybridized carbons (Fsp3) is 0.278. The number of hydrogen-bond donors (Lipinski definition) is 2. The van der Waals surface area contributed by atoms with E-state index in [9.17, 15) is 14.4 Å². The molecule has 0 aliphatic carbocycles. The molecule has 132 valence electrons. The summed E-state index contributed by atoms with van der Waals surface area (Å²) >= 11 is 1.31. The van der Waals surface area contributed by atoms with E-state index in [1.54, 1.807) is 36.7 Å². The lowest BCUT2D eigenvalue weighted by molar-refractivity contribution is -0.137. The summed E-state index contributed by atoms with van der Waals surface area (Å²) in [7, 11) is 1.54. The third-order valence-corrected chi connectivity index (χ3v) is 4.60. The van der Waals surface area contributed by atoms with Gasteiger partial charge < -0.3 is 15.3 Å². The van der Waals surface area contributed by atoms with E-state index in [0.29, 0.717) is 4.88 Å². The zero-order chi connectivity index (χ0) is 18.4. The van der Waals surface area contributed by atoms with E-state index in [4.69, 9.17) is 5.11 Å². The second-order valence-corrected chi connectivity index (χ2v) is 6.66. The quantitative estimate of drug-likeness (QED) is 0.794. The molecule has 2 rings (SSSR count). The van der Waals surface area contributed by atoms with E-state index < -0.39 is 17.9 Å². The van der Waals surface area contributed by atoms with Gasteiger partial charge in [0.2, 0.25) is 5.91 Å². The van der Waals surface area contributed by atoms with E-state index in [1.807, 2.05) is 19.1 Å². The second-order valence-electron chi connectivity index (χ2n) is 5.71. The van der Waals surface area contributed by atoms with Gasteiger partial charge in [-0.05, 0) is 29.5 Å². The maximum atomic E-state index is 12.3. The number of carbonyl (C=O) groups excluding carboxylic acids is 2. The Kier molecular flexibility index (Phi) is 6.30. The number of nitrogens with one attached hydrogen (secondary N) is 1. The van der Waals surface area contributed by atoms with Crippen molar-refractivity contribution in [3.05, 3.63) is 57.8 Å². The summed E-state index contributed by atoms with van der Waals surface area (Å²) in [6, 6.07) is 10.1. The van der Waals surface area contributed by atoms with Crippen LogP contribution in [0.2, 0.25) is 0 Å². The van der Waals surface area contributed by atoms with Crippen LogP contribution in [-0.2, 0) is 9.59 Å². The van der Waals surface area contributed by atoms with Crippen molar-refractivity contribution in [1.29, 1.82) is 0 Å². The van der Waals surface area contributed by atoms with E-state index in [1.165, 1.54) is 16.2 Å². The Labute approximate surface area is 150 Å². The first kappa shape index (κ1) is 18.7. The number of rotatable bonds is 7. The summed E-state index contributed by atoms with van der Waals surface area (Å²) < 4.78 is 0. The Morgan fingerprint density at radius 1 is 1.20 bits per heavy atom. The van der Waals surface area contributed by atoms with Crippen molar-refractivity contribution >= 4 is 29.1 Å². The number of nitrogens with zero attached hydrogens (tertiary/aromatic N) is 1. The second kappa shape index (κ2) is 8.43. The van der Waals surface area contributed by atoms with Gasteiger partial charge in [-0.1, -0.05) is 30.3 Å². The SMILES string of the molecule is Cc1ccccc1C(CC(=O)O)NC(=O)CN(C)C(=O)c1cccs1. The van der Waals surface area contributed by atoms with Crippen molar-refractivity contribution in [3.8, 4) is 0 Å². The van der Waals surface area contributed by atoms with Crippen molar-refractivity contribution in [1.82, 2.24) is 10.2 Å². The van der Waals surface area contributed by atoms with Crippen molar-refractivity contribution in [2.24, 2.45) is 0 Å². The Morgan fingerprint density at radius 3 is 2.52 bits per heavy atom. The number of carboxylic acids is 1. The average Bonchev–Trinajstić information content (AvgIpc) is 3.07. The normalized spacial score (nSPS) is 11.6. The van der Waals surface area contributed by atoms with Crippen LogP contribution < -0.4 is 5.32 Å². The highest BCUT2D eigenvalue weighted by atomic mass is 32.1. The molecule has 0 saturated carbocycles. The molecular formula is C18H20N2O4S. The highest BCUT2D eigenvalue weighted by Crippen LogP contribution is 2.20. The van der Waals surface area contributed by atoms with Crippen molar-refractivity contribution in [2.45, 2.75) is 19.4 Å². The van der Waals surface area contributed by atoms with Crippen molar-refractivity contribution in [3.63, 3.8) is 0 Å². The molecule has 1 aromatic carbocycles. The molecule has 0 fully saturated rings. The fourth-order valence-electron chi connectivity index (χ4n) is 2.51. The number of benzene rings is 1. The summed E-state index contributed by atoms with van der Waals surface area (Å²) in [6.07, 6.45) is -0.223. The first-order valence-corrected chi connectivity index (χ1v) is 8.62. The monoisotopic (exact) mass is 360 g/mol. The number of amides is 2. The molecule has 0 radical (unpaired) electrons. The Morgan fingerprint density at radius 2 is 1.92 bits per heavy atom. The maximum Gasteiger partial charge on any atom is 0.305 e. The predicted molar refractivity (Wildman–Crippen MR) is 95.6 cm³/mol. The van der Waals surface area contributed by atoms with Crippen LogP contribution in [0.1, 0.15) is 33.3 Å². The molecule has 2 N–H and O–H groups in total. The molecule has 6 nitrogen and oxygen atoms in total. The lowest BCUT2D eigenvalue weighted by Crippen LogP contribution is -2.40. The average molecular weight is 360 g/mol. The minimum Gasteiger partial charge on any atom is -0.481 e. The Hall–Kier alpha value is -2.67. The molecule has 25 heavy (non-hydrogen) atoms. The molecule has 1 heterocycles. The molecule has 0 saturated heterocycles. The third kappa shape index (κ3) is 5.15. The van der Waals surface area contributed by atoms with Crippen LogP contribution in [0.15, 0.2) is 41.8 Å². The van der Waals surface area contributed by atoms with Crippen LogP contribution in [0.4, 0.5) is 0 Å². The first-order chi connectivity index (χ1) is 11.9. The van der Waals surface area contributed by atoms with Crippen LogP contribution >= 0.6 is 11.3 Å². The van der Waals surface area contributed by atoms with Gasteiger partial charge in [0.1, 0.15) is 0 Å². The molecule has 7 heteroatoms. The molecule has 1 atom stereocenters. The van der Waals surface area contributed by atoms with Crippen LogP contribution in [0, 0.1) is 6.92 Å². The summed E-state index contributed by atoms with van der Waals surface area (Å²) in [4.78, 5) is 37.5. The molecule has 0 spiro atoms. The van der Waals surface area contributed by atoms with Gasteiger partial charge in [0.15, 0.2) is 0 Å². The predicted octanol–water partition coefficient (Wildman–Crippen LogP) is 2.46. The van der Waals surface area contributed by atoms with E-state index in [0.717, 1.165) is 11.1 Å². The molecule has 2 amide bonds. The minimum atomic E-state index is -1.00. The molecule has 1 unspecified atom stereocenters. The fourth-order valence-corrected chi connectivity index (χ4v) is 3.22. The van der Waals surface area contributed by atoms with Gasteiger partial charge in [-0.25, -0.2) is 0 Å². The summed E-state index contributed by atoms with van der Waals surface area (Å²) in [5, 5.41) is 13.6. The minimum absolute atomic E-state index is 0.140. The molecule has 1 aromatic heterocycles. The molecule has 0 aliphatic rings. The van der Waals surface area contributed by atoms with E-state index in [2.05, 4.69) is 5.32 Å². The molecular weight excluding hydrogens is 340 g/mol. The number of thiophene rings is 1. The van der Waals surface area contributed by atoms with Crippen molar-refractivity contribution in [2.75, 3.05) is 13.6 Å². The van der Waals surface area contributed by atoms with Gasteiger partial charge in [0, 0.05) is 7.05 Å². The number of likely N-dealkylation sites (N-methyl/N-ethyl adjacent to an activating group) is 1. The number of carboxylic acid groups (broad SMARTS) is 1. The molecule has 2 aromatic rings. The van der Waals surface area contributed by atoms with Crippen LogP contribution in [-0.4, -0.2) is 41.4 Å². The van der Waals surface area contributed by atoms with Gasteiger partial charge in [-0.15, -0.1) is 11.3 Å². The van der Waals surface area contributed by atoms with Gasteiger partial charge in [0.25, 0.3) is 5.91 Å².